The number of nitrogens with one attached hydrogen (secondary N) is 1. The zero-order chi connectivity index (χ0) is 10.6. The Balaban J connectivity index is 2.76. The maximum atomic E-state index is 13.1. The van der Waals surface area contributed by atoms with E-state index in [9.17, 15) is 9.18 Å². The number of carbonyl (C=O) groups excluding carboxylic acids is 1. The second kappa shape index (κ2) is 4.86. The third kappa shape index (κ3) is 2.64. The van der Waals surface area contributed by atoms with Crippen molar-refractivity contribution in [1.29, 1.82) is 0 Å². The Morgan fingerprint density at radius 1 is 1.50 bits per heavy atom. The van der Waals surface area contributed by atoms with Gasteiger partial charge >= 0.3 is 0 Å². The van der Waals surface area contributed by atoms with E-state index in [0.29, 0.717) is 11.1 Å². The summed E-state index contributed by atoms with van der Waals surface area (Å²) in [6.07, 6.45) is 0. The molecule has 1 N–H and O–H groups in total. The Hall–Kier alpha value is -1.22. The predicted octanol–water partition coefficient (Wildman–Crippen LogP) is 1.93. The summed E-state index contributed by atoms with van der Waals surface area (Å²) in [5.41, 5.74) is 0.985. The van der Waals surface area contributed by atoms with Gasteiger partial charge in [-0.2, -0.15) is 0 Å². The fourth-order valence-corrected chi connectivity index (χ4v) is 1.11. The zero-order valence-electron chi connectivity index (χ0n) is 8.43. The molecular formula is C11H14FNO. The molecule has 0 heterocycles. The lowest BCUT2D eigenvalue weighted by atomic mass is 10.1. The molecule has 0 atom stereocenters. The zero-order valence-corrected chi connectivity index (χ0v) is 8.43. The molecule has 0 amide bonds. The number of rotatable bonds is 4. The number of hydrogen-bond donors (Lipinski definition) is 1. The molecule has 0 aliphatic heterocycles. The number of benzene rings is 1. The van der Waals surface area contributed by atoms with E-state index in [1.54, 1.807) is 19.1 Å². The molecule has 0 bridgehead atoms. The molecule has 3 heteroatoms. The van der Waals surface area contributed by atoms with Crippen molar-refractivity contribution in [3.63, 3.8) is 0 Å². The third-order valence-corrected chi connectivity index (χ3v) is 2.03. The molecule has 2 nitrogen and oxygen atoms in total. The van der Waals surface area contributed by atoms with Crippen LogP contribution in [0.1, 0.15) is 22.8 Å². The summed E-state index contributed by atoms with van der Waals surface area (Å²) in [6, 6.07) is 4.56. The highest BCUT2D eigenvalue weighted by Crippen LogP contribution is 2.09. The summed E-state index contributed by atoms with van der Waals surface area (Å²) >= 11 is 0. The van der Waals surface area contributed by atoms with E-state index >= 15 is 0 Å². The Morgan fingerprint density at radius 3 is 2.79 bits per heavy atom. The molecule has 1 aromatic carbocycles. The predicted molar refractivity (Wildman–Crippen MR) is 54.0 cm³/mol. The maximum absolute atomic E-state index is 13.1. The Kier molecular flexibility index (Phi) is 3.77. The lowest BCUT2D eigenvalue weighted by Gasteiger charge is -2.02. The van der Waals surface area contributed by atoms with Crippen molar-refractivity contribution in [1.82, 2.24) is 5.32 Å². The summed E-state index contributed by atoms with van der Waals surface area (Å²) in [5, 5.41) is 2.91. The summed E-state index contributed by atoms with van der Waals surface area (Å²) < 4.78 is 13.1. The van der Waals surface area contributed by atoms with Crippen LogP contribution in [0.15, 0.2) is 18.2 Å². The third-order valence-electron chi connectivity index (χ3n) is 2.03. The minimum Gasteiger partial charge on any atom is -0.310 e. The van der Waals surface area contributed by atoms with Crippen LogP contribution in [-0.4, -0.2) is 18.9 Å². The summed E-state index contributed by atoms with van der Waals surface area (Å²) in [5.74, 6) is -0.405. The van der Waals surface area contributed by atoms with Crippen LogP contribution < -0.4 is 5.32 Å². The fraction of sp³-hybridized carbons (Fsp3) is 0.364. The Labute approximate surface area is 83.1 Å². The van der Waals surface area contributed by atoms with Gasteiger partial charge in [0.05, 0.1) is 6.54 Å². The van der Waals surface area contributed by atoms with E-state index in [-0.39, 0.29) is 18.1 Å². The van der Waals surface area contributed by atoms with Crippen LogP contribution >= 0.6 is 0 Å². The van der Waals surface area contributed by atoms with Crippen LogP contribution in [0.3, 0.4) is 0 Å². The molecule has 0 spiro atoms. The van der Waals surface area contributed by atoms with Gasteiger partial charge in [-0.05, 0) is 25.1 Å². The molecule has 1 aromatic rings. The van der Waals surface area contributed by atoms with Crippen LogP contribution in [0.25, 0.3) is 0 Å². The van der Waals surface area contributed by atoms with Gasteiger partial charge in [-0.25, -0.2) is 4.39 Å². The number of likely N-dealkylation sites (N-methyl/N-ethyl adjacent to an activating group) is 1. The topological polar surface area (TPSA) is 29.1 Å². The van der Waals surface area contributed by atoms with Gasteiger partial charge in [0, 0.05) is 5.56 Å². The molecule has 0 aliphatic carbocycles. The second-order valence-electron chi connectivity index (χ2n) is 3.17. The van der Waals surface area contributed by atoms with Crippen molar-refractivity contribution in [3.8, 4) is 0 Å². The first-order valence-corrected chi connectivity index (χ1v) is 4.65. The first-order valence-electron chi connectivity index (χ1n) is 4.65. The van der Waals surface area contributed by atoms with Crippen molar-refractivity contribution in [2.75, 3.05) is 13.1 Å². The van der Waals surface area contributed by atoms with Crippen LogP contribution in [0, 0.1) is 12.7 Å². The van der Waals surface area contributed by atoms with Crippen molar-refractivity contribution in [3.05, 3.63) is 35.1 Å². The molecular weight excluding hydrogens is 181 g/mol. The number of carbonyl (C=O) groups is 1. The standard InChI is InChI=1S/C11H14FNO/c1-3-13-7-11(14)9-5-4-8(2)10(12)6-9/h4-6,13H,3,7H2,1-2H3. The van der Waals surface area contributed by atoms with Crippen molar-refractivity contribution >= 4 is 5.78 Å². The minimum atomic E-state index is -0.327. The average Bonchev–Trinajstić information content (AvgIpc) is 2.18. The average molecular weight is 195 g/mol. The number of Topliss-reactive ketones (excluding diaryl/α,β-unsaturated/α-hetero) is 1. The first-order chi connectivity index (χ1) is 6.65. The Morgan fingerprint density at radius 2 is 2.21 bits per heavy atom. The first kappa shape index (κ1) is 10.9. The molecule has 76 valence electrons. The normalized spacial score (nSPS) is 10.2. The highest BCUT2D eigenvalue weighted by atomic mass is 19.1. The van der Waals surface area contributed by atoms with E-state index in [1.807, 2.05) is 6.92 Å². The van der Waals surface area contributed by atoms with Crippen molar-refractivity contribution < 1.29 is 9.18 Å². The highest BCUT2D eigenvalue weighted by Gasteiger charge is 2.06. The Bertz CT molecular complexity index is 336. The van der Waals surface area contributed by atoms with Gasteiger partial charge in [0.15, 0.2) is 5.78 Å². The van der Waals surface area contributed by atoms with Crippen LogP contribution in [0.2, 0.25) is 0 Å². The molecule has 0 fully saturated rings. The maximum Gasteiger partial charge on any atom is 0.176 e. The molecule has 0 saturated heterocycles. The molecule has 14 heavy (non-hydrogen) atoms. The summed E-state index contributed by atoms with van der Waals surface area (Å²) in [6.45, 7) is 4.59. The molecule has 0 aromatic heterocycles. The number of halogens is 1. The van der Waals surface area contributed by atoms with Crippen LogP contribution in [0.5, 0.6) is 0 Å². The summed E-state index contributed by atoms with van der Waals surface area (Å²) in [7, 11) is 0. The van der Waals surface area contributed by atoms with Crippen molar-refractivity contribution in [2.45, 2.75) is 13.8 Å². The van der Waals surface area contributed by atoms with Gasteiger partial charge < -0.3 is 5.32 Å². The largest absolute Gasteiger partial charge is 0.310 e. The van der Waals surface area contributed by atoms with E-state index < -0.39 is 0 Å². The van der Waals surface area contributed by atoms with Gasteiger partial charge in [-0.1, -0.05) is 19.1 Å². The fourth-order valence-electron chi connectivity index (χ4n) is 1.11. The number of aryl methyl sites for hydroxylation is 1. The van der Waals surface area contributed by atoms with Gasteiger partial charge in [-0.15, -0.1) is 0 Å². The van der Waals surface area contributed by atoms with E-state index in [4.69, 9.17) is 0 Å². The van der Waals surface area contributed by atoms with Crippen LogP contribution in [-0.2, 0) is 0 Å². The number of hydrogen-bond acceptors (Lipinski definition) is 2. The van der Waals surface area contributed by atoms with E-state index in [0.717, 1.165) is 6.54 Å². The lowest BCUT2D eigenvalue weighted by molar-refractivity contribution is 0.0991. The monoisotopic (exact) mass is 195 g/mol. The van der Waals surface area contributed by atoms with Gasteiger partial charge in [0.2, 0.25) is 0 Å². The smallest absolute Gasteiger partial charge is 0.176 e. The lowest BCUT2D eigenvalue weighted by Crippen LogP contribution is -2.22. The van der Waals surface area contributed by atoms with Crippen molar-refractivity contribution in [2.24, 2.45) is 0 Å². The molecule has 0 radical (unpaired) electrons. The highest BCUT2D eigenvalue weighted by molar-refractivity contribution is 5.97. The van der Waals surface area contributed by atoms with Crippen LogP contribution in [0.4, 0.5) is 4.39 Å². The molecule has 0 unspecified atom stereocenters. The molecule has 0 aliphatic rings. The minimum absolute atomic E-state index is 0.0780. The van der Waals surface area contributed by atoms with Gasteiger partial charge in [0.25, 0.3) is 0 Å². The van der Waals surface area contributed by atoms with Gasteiger partial charge in [-0.3, -0.25) is 4.79 Å². The summed E-state index contributed by atoms with van der Waals surface area (Å²) in [4.78, 5) is 11.4. The number of ketones is 1. The van der Waals surface area contributed by atoms with E-state index in [1.165, 1.54) is 6.07 Å². The quantitative estimate of drug-likeness (QED) is 0.744. The molecule has 0 saturated carbocycles. The SMILES string of the molecule is CCNCC(=O)c1ccc(C)c(F)c1. The van der Waals surface area contributed by atoms with Gasteiger partial charge in [0.1, 0.15) is 5.82 Å². The molecule has 1 rings (SSSR count). The second-order valence-corrected chi connectivity index (χ2v) is 3.17. The van der Waals surface area contributed by atoms with E-state index in [2.05, 4.69) is 5.32 Å².